The van der Waals surface area contributed by atoms with Crippen LogP contribution in [0.15, 0.2) is 23.1 Å². The van der Waals surface area contributed by atoms with Gasteiger partial charge in [-0.05, 0) is 38.3 Å². The molecule has 2 rings (SSSR count). The number of halogens is 2. The number of rotatable bonds is 6. The van der Waals surface area contributed by atoms with E-state index >= 15 is 0 Å². The van der Waals surface area contributed by atoms with E-state index in [1.165, 1.54) is 25.1 Å². The van der Waals surface area contributed by atoms with E-state index in [4.69, 9.17) is 32.7 Å². The smallest absolute Gasteiger partial charge is 0.267 e. The highest BCUT2D eigenvalue weighted by Gasteiger charge is 2.27. The molecule has 1 aromatic carbocycles. The Hall–Kier alpha value is -0.860. The van der Waals surface area contributed by atoms with Gasteiger partial charge in [0.25, 0.3) is 15.9 Å². The number of hydrogen-bond donors (Lipinski definition) is 1. The van der Waals surface area contributed by atoms with E-state index in [0.29, 0.717) is 6.61 Å². The highest BCUT2D eigenvalue weighted by atomic mass is 35.5. The molecule has 0 bridgehead atoms. The van der Waals surface area contributed by atoms with Gasteiger partial charge in [-0.25, -0.2) is 13.1 Å². The van der Waals surface area contributed by atoms with Gasteiger partial charge in [-0.3, -0.25) is 4.79 Å². The topological polar surface area (TPSA) is 81.7 Å². The molecular weight excluding hydrogens is 377 g/mol. The Balaban J connectivity index is 1.97. The lowest BCUT2D eigenvalue weighted by Gasteiger charge is -2.23. The molecule has 1 aromatic rings. The second-order valence-corrected chi connectivity index (χ2v) is 7.92. The molecule has 2 atom stereocenters. The normalized spacial score (nSPS) is 19.7. The molecule has 6 nitrogen and oxygen atoms in total. The van der Waals surface area contributed by atoms with E-state index in [2.05, 4.69) is 0 Å². The summed E-state index contributed by atoms with van der Waals surface area (Å²) in [6.07, 6.45) is 1.91. The van der Waals surface area contributed by atoms with Gasteiger partial charge in [-0.15, -0.1) is 0 Å². The first-order valence-corrected chi connectivity index (χ1v) is 9.79. The molecule has 0 radical (unpaired) electrons. The van der Waals surface area contributed by atoms with E-state index in [0.717, 1.165) is 19.3 Å². The summed E-state index contributed by atoms with van der Waals surface area (Å²) in [4.78, 5) is 11.8. The first kappa shape index (κ1) is 19.5. The Kier molecular flexibility index (Phi) is 6.88. The van der Waals surface area contributed by atoms with Gasteiger partial charge in [0.15, 0.2) is 0 Å². The zero-order chi connectivity index (χ0) is 17.7. The fourth-order valence-electron chi connectivity index (χ4n) is 2.27. The molecule has 1 amide bonds. The summed E-state index contributed by atoms with van der Waals surface area (Å²) in [7, 11) is -4.18. The van der Waals surface area contributed by atoms with Crippen LogP contribution in [0.3, 0.4) is 0 Å². The van der Waals surface area contributed by atoms with Gasteiger partial charge in [0, 0.05) is 6.61 Å². The summed E-state index contributed by atoms with van der Waals surface area (Å²) >= 11 is 11.8. The van der Waals surface area contributed by atoms with Crippen LogP contribution in [0.2, 0.25) is 10.0 Å². The van der Waals surface area contributed by atoms with Crippen molar-refractivity contribution in [3.05, 3.63) is 28.2 Å². The van der Waals surface area contributed by atoms with Crippen molar-refractivity contribution in [2.45, 2.75) is 43.3 Å². The quantitative estimate of drug-likeness (QED) is 0.800. The van der Waals surface area contributed by atoms with Crippen molar-refractivity contribution in [3.63, 3.8) is 0 Å². The van der Waals surface area contributed by atoms with Crippen LogP contribution in [0.4, 0.5) is 0 Å². The summed E-state index contributed by atoms with van der Waals surface area (Å²) in [5, 5.41) is -0.126. The van der Waals surface area contributed by atoms with E-state index in [1.807, 2.05) is 4.72 Å². The minimum absolute atomic E-state index is 0.0630. The van der Waals surface area contributed by atoms with Crippen LogP contribution in [0.1, 0.15) is 26.2 Å². The Morgan fingerprint density at radius 2 is 2.04 bits per heavy atom. The third kappa shape index (κ3) is 5.07. The van der Waals surface area contributed by atoms with Gasteiger partial charge in [-0.1, -0.05) is 29.3 Å². The van der Waals surface area contributed by atoms with Crippen LogP contribution in [0.5, 0.6) is 0 Å². The van der Waals surface area contributed by atoms with E-state index in [1.54, 1.807) is 0 Å². The lowest BCUT2D eigenvalue weighted by molar-refractivity contribution is -0.133. The molecule has 24 heavy (non-hydrogen) atoms. The largest absolute Gasteiger partial charge is 0.376 e. The highest BCUT2D eigenvalue weighted by Crippen LogP contribution is 2.28. The van der Waals surface area contributed by atoms with Gasteiger partial charge in [0.05, 0.1) is 22.8 Å². The number of sulfonamides is 1. The van der Waals surface area contributed by atoms with Crippen molar-refractivity contribution >= 4 is 39.1 Å². The summed E-state index contributed by atoms with van der Waals surface area (Å²) in [6.45, 7) is 2.39. The van der Waals surface area contributed by atoms with E-state index < -0.39 is 22.0 Å². The molecule has 2 unspecified atom stereocenters. The molecule has 1 saturated heterocycles. The molecule has 9 heteroatoms. The van der Waals surface area contributed by atoms with E-state index in [-0.39, 0.29) is 27.7 Å². The monoisotopic (exact) mass is 395 g/mol. The van der Waals surface area contributed by atoms with Crippen molar-refractivity contribution in [2.75, 3.05) is 13.2 Å². The summed E-state index contributed by atoms with van der Waals surface area (Å²) < 4.78 is 37.5. The maximum Gasteiger partial charge on any atom is 0.267 e. The second-order valence-electron chi connectivity index (χ2n) is 5.48. The molecule has 1 heterocycles. The molecule has 0 aromatic heterocycles. The van der Waals surface area contributed by atoms with Gasteiger partial charge < -0.3 is 9.47 Å². The Labute approximate surface area is 151 Å². The van der Waals surface area contributed by atoms with Gasteiger partial charge in [-0.2, -0.15) is 0 Å². The molecule has 0 saturated carbocycles. The number of hydrogen-bond acceptors (Lipinski definition) is 5. The number of carbonyl (C=O) groups excluding carboxylic acids is 1. The van der Waals surface area contributed by atoms with Crippen LogP contribution >= 0.6 is 23.2 Å². The third-order valence-corrected chi connectivity index (χ3v) is 5.90. The van der Waals surface area contributed by atoms with Crippen LogP contribution in [-0.2, 0) is 24.3 Å². The maximum atomic E-state index is 12.3. The van der Waals surface area contributed by atoms with Crippen LogP contribution < -0.4 is 4.72 Å². The lowest BCUT2D eigenvalue weighted by atomic mass is 10.1. The van der Waals surface area contributed by atoms with Crippen molar-refractivity contribution < 1.29 is 22.7 Å². The number of ether oxygens (including phenoxy) is 2. The second kappa shape index (κ2) is 8.49. The molecule has 1 N–H and O–H groups in total. The van der Waals surface area contributed by atoms with Gasteiger partial charge in [0.2, 0.25) is 0 Å². The molecule has 1 aliphatic rings. The fourth-order valence-corrected chi connectivity index (χ4v) is 4.46. The van der Waals surface area contributed by atoms with Crippen LogP contribution in [0, 0.1) is 0 Å². The minimum atomic E-state index is -4.18. The molecule has 134 valence electrons. The Morgan fingerprint density at radius 1 is 1.38 bits per heavy atom. The van der Waals surface area contributed by atoms with Crippen molar-refractivity contribution in [1.82, 2.24) is 4.72 Å². The van der Waals surface area contributed by atoms with Crippen LogP contribution in [0.25, 0.3) is 0 Å². The average molecular weight is 396 g/mol. The SMILES string of the molecule is CC(OCC1CCCCO1)C(=O)NS(=O)(=O)c1c(Cl)cccc1Cl. The number of nitrogens with one attached hydrogen (secondary N) is 1. The number of amides is 1. The third-order valence-electron chi connectivity index (χ3n) is 3.60. The molecule has 0 spiro atoms. The summed E-state index contributed by atoms with van der Waals surface area (Å²) in [5.74, 6) is -0.790. The number of benzene rings is 1. The van der Waals surface area contributed by atoms with Crippen molar-refractivity contribution in [3.8, 4) is 0 Å². The van der Waals surface area contributed by atoms with Gasteiger partial charge in [0.1, 0.15) is 11.0 Å². The van der Waals surface area contributed by atoms with Crippen molar-refractivity contribution in [2.24, 2.45) is 0 Å². The standard InChI is InChI=1S/C15H19Cl2NO5S/c1-10(23-9-11-5-2-3-8-22-11)15(19)18-24(20,21)14-12(16)6-4-7-13(14)17/h4,6-7,10-11H,2-3,5,8-9H2,1H3,(H,18,19). The predicted octanol–water partition coefficient (Wildman–Crippen LogP) is 2.77. The molecular formula is C15H19Cl2NO5S. The first-order valence-electron chi connectivity index (χ1n) is 7.55. The Bertz CT molecular complexity index is 669. The van der Waals surface area contributed by atoms with Crippen LogP contribution in [-0.4, -0.2) is 39.7 Å². The first-order chi connectivity index (χ1) is 11.3. The minimum Gasteiger partial charge on any atom is -0.376 e. The summed E-state index contributed by atoms with van der Waals surface area (Å²) in [6, 6.07) is 4.28. The maximum absolute atomic E-state index is 12.3. The fraction of sp³-hybridized carbons (Fsp3) is 0.533. The summed E-state index contributed by atoms with van der Waals surface area (Å²) in [5.41, 5.74) is 0. The molecule has 1 aliphatic heterocycles. The van der Waals surface area contributed by atoms with Gasteiger partial charge >= 0.3 is 0 Å². The Morgan fingerprint density at radius 3 is 2.62 bits per heavy atom. The highest BCUT2D eigenvalue weighted by molar-refractivity contribution is 7.90. The molecule has 0 aliphatic carbocycles. The predicted molar refractivity (Wildman–Crippen MR) is 90.8 cm³/mol. The zero-order valence-electron chi connectivity index (χ0n) is 13.1. The lowest BCUT2D eigenvalue weighted by Crippen LogP contribution is -2.40. The average Bonchev–Trinajstić information content (AvgIpc) is 2.52. The zero-order valence-corrected chi connectivity index (χ0v) is 15.5. The van der Waals surface area contributed by atoms with E-state index in [9.17, 15) is 13.2 Å². The molecule has 1 fully saturated rings. The van der Waals surface area contributed by atoms with Crippen molar-refractivity contribution in [1.29, 1.82) is 0 Å². The number of carbonyl (C=O) groups is 1.